The highest BCUT2D eigenvalue weighted by atomic mass is 79.9. The van der Waals surface area contributed by atoms with E-state index in [1.54, 1.807) is 6.92 Å². The summed E-state index contributed by atoms with van der Waals surface area (Å²) in [7, 11) is 0. The van der Waals surface area contributed by atoms with Crippen LogP contribution in [0.2, 0.25) is 0 Å². The van der Waals surface area contributed by atoms with Crippen molar-refractivity contribution in [3.05, 3.63) is 25.6 Å². The zero-order valence-corrected chi connectivity index (χ0v) is 14.9. The Balaban J connectivity index is 2.92. The monoisotopic (exact) mass is 441 g/mol. The molecule has 0 heterocycles. The van der Waals surface area contributed by atoms with Crippen LogP contribution in [0.15, 0.2) is 25.6 Å². The standard InChI is InChI=1S/C12H14Br3NO2/c1-3-10(12(17)18-4-2)16-11-8(14)5-7(13)6-9(11)15/h5-6,10,16H,3-4H2,1-2H3. The number of hydrogen-bond acceptors (Lipinski definition) is 3. The van der Waals surface area contributed by atoms with Crippen LogP contribution in [-0.2, 0) is 9.53 Å². The second-order valence-corrected chi connectivity index (χ2v) is 6.23. The van der Waals surface area contributed by atoms with Crippen LogP contribution in [0.4, 0.5) is 5.69 Å². The summed E-state index contributed by atoms with van der Waals surface area (Å²) >= 11 is 10.3. The molecule has 6 heteroatoms. The number of halogens is 3. The summed E-state index contributed by atoms with van der Waals surface area (Å²) in [6.45, 7) is 4.13. The molecular weight excluding hydrogens is 430 g/mol. The van der Waals surface area contributed by atoms with Gasteiger partial charge in [-0.2, -0.15) is 0 Å². The maximum atomic E-state index is 11.7. The Hall–Kier alpha value is -0.0700. The quantitative estimate of drug-likeness (QED) is 0.669. The minimum absolute atomic E-state index is 0.235. The molecule has 0 fully saturated rings. The SMILES string of the molecule is CCOC(=O)C(CC)Nc1c(Br)cc(Br)cc1Br. The van der Waals surface area contributed by atoms with Gasteiger partial charge in [-0.3, -0.25) is 0 Å². The van der Waals surface area contributed by atoms with Gasteiger partial charge in [0.25, 0.3) is 0 Å². The highest BCUT2D eigenvalue weighted by Gasteiger charge is 2.19. The third-order valence-corrected chi connectivity index (χ3v) is 4.01. The van der Waals surface area contributed by atoms with E-state index in [0.717, 1.165) is 19.1 Å². The number of esters is 1. The average Bonchev–Trinajstić information content (AvgIpc) is 2.28. The van der Waals surface area contributed by atoms with E-state index < -0.39 is 0 Å². The molecule has 1 aromatic rings. The molecule has 0 saturated heterocycles. The molecule has 0 aliphatic rings. The maximum Gasteiger partial charge on any atom is 0.328 e. The Kier molecular flexibility index (Phi) is 6.66. The first-order valence-corrected chi connectivity index (χ1v) is 7.95. The second-order valence-electron chi connectivity index (χ2n) is 3.60. The summed E-state index contributed by atoms with van der Waals surface area (Å²) in [5.74, 6) is -0.235. The molecule has 0 aliphatic carbocycles. The molecule has 100 valence electrons. The Labute approximate surface area is 132 Å². The van der Waals surface area contributed by atoms with Gasteiger partial charge in [-0.25, -0.2) is 4.79 Å². The van der Waals surface area contributed by atoms with Crippen molar-refractivity contribution in [3.63, 3.8) is 0 Å². The van der Waals surface area contributed by atoms with Gasteiger partial charge < -0.3 is 10.1 Å². The zero-order chi connectivity index (χ0) is 13.7. The number of carbonyl (C=O) groups is 1. The van der Waals surface area contributed by atoms with Crippen molar-refractivity contribution in [2.75, 3.05) is 11.9 Å². The van der Waals surface area contributed by atoms with E-state index in [2.05, 4.69) is 53.1 Å². The van der Waals surface area contributed by atoms with Crippen molar-refractivity contribution in [2.24, 2.45) is 0 Å². The molecule has 0 saturated carbocycles. The number of rotatable bonds is 5. The number of nitrogens with one attached hydrogen (secondary N) is 1. The van der Waals surface area contributed by atoms with Crippen molar-refractivity contribution in [3.8, 4) is 0 Å². The van der Waals surface area contributed by atoms with E-state index in [-0.39, 0.29) is 12.0 Å². The molecule has 1 rings (SSSR count). The largest absolute Gasteiger partial charge is 0.464 e. The van der Waals surface area contributed by atoms with Crippen LogP contribution in [0.1, 0.15) is 20.3 Å². The van der Waals surface area contributed by atoms with Crippen molar-refractivity contribution >= 4 is 59.4 Å². The van der Waals surface area contributed by atoms with Crippen LogP contribution < -0.4 is 5.32 Å². The van der Waals surface area contributed by atoms with E-state index in [1.165, 1.54) is 0 Å². The zero-order valence-electron chi connectivity index (χ0n) is 10.1. The lowest BCUT2D eigenvalue weighted by atomic mass is 10.2. The summed E-state index contributed by atoms with van der Waals surface area (Å²) in [6, 6.07) is 3.49. The fourth-order valence-electron chi connectivity index (χ4n) is 1.42. The van der Waals surface area contributed by atoms with Gasteiger partial charge in [-0.1, -0.05) is 22.9 Å². The topological polar surface area (TPSA) is 38.3 Å². The van der Waals surface area contributed by atoms with Crippen molar-refractivity contribution in [2.45, 2.75) is 26.3 Å². The molecule has 1 N–H and O–H groups in total. The molecule has 0 bridgehead atoms. The fraction of sp³-hybridized carbons (Fsp3) is 0.417. The number of benzene rings is 1. The van der Waals surface area contributed by atoms with Gasteiger partial charge in [0.1, 0.15) is 6.04 Å². The van der Waals surface area contributed by atoms with Crippen molar-refractivity contribution < 1.29 is 9.53 Å². The number of anilines is 1. The minimum Gasteiger partial charge on any atom is -0.464 e. The lowest BCUT2D eigenvalue weighted by Gasteiger charge is -2.19. The van der Waals surface area contributed by atoms with Crippen LogP contribution in [0.3, 0.4) is 0 Å². The van der Waals surface area contributed by atoms with Gasteiger partial charge in [0, 0.05) is 13.4 Å². The van der Waals surface area contributed by atoms with Gasteiger partial charge >= 0.3 is 5.97 Å². The highest BCUT2D eigenvalue weighted by Crippen LogP contribution is 2.35. The second kappa shape index (κ2) is 7.50. The molecule has 0 spiro atoms. The predicted molar refractivity (Wildman–Crippen MR) is 83.9 cm³/mol. The Morgan fingerprint density at radius 1 is 1.28 bits per heavy atom. The van der Waals surface area contributed by atoms with Crippen LogP contribution in [0, 0.1) is 0 Å². The van der Waals surface area contributed by atoms with E-state index in [4.69, 9.17) is 4.74 Å². The summed E-state index contributed by atoms with van der Waals surface area (Å²) in [5.41, 5.74) is 0.845. The molecule has 3 nitrogen and oxygen atoms in total. The van der Waals surface area contributed by atoms with E-state index in [9.17, 15) is 4.79 Å². The number of hydrogen-bond donors (Lipinski definition) is 1. The Morgan fingerprint density at radius 2 is 1.83 bits per heavy atom. The predicted octanol–water partition coefficient (Wildman–Crippen LogP) is 4.73. The van der Waals surface area contributed by atoms with Crippen molar-refractivity contribution in [1.82, 2.24) is 0 Å². The maximum absolute atomic E-state index is 11.7. The van der Waals surface area contributed by atoms with Crippen LogP contribution in [-0.4, -0.2) is 18.6 Å². The molecule has 0 amide bonds. The third kappa shape index (κ3) is 4.24. The van der Waals surface area contributed by atoms with Gasteiger partial charge in [0.05, 0.1) is 12.3 Å². The highest BCUT2D eigenvalue weighted by molar-refractivity contribution is 9.11. The third-order valence-electron chi connectivity index (χ3n) is 2.30. The van der Waals surface area contributed by atoms with E-state index in [1.807, 2.05) is 19.1 Å². The van der Waals surface area contributed by atoms with E-state index in [0.29, 0.717) is 13.0 Å². The molecule has 0 radical (unpaired) electrons. The summed E-state index contributed by atoms with van der Waals surface area (Å²) in [5, 5.41) is 3.19. The van der Waals surface area contributed by atoms with Gasteiger partial charge in [-0.05, 0) is 57.3 Å². The normalized spacial score (nSPS) is 12.1. The number of ether oxygens (including phenoxy) is 1. The van der Waals surface area contributed by atoms with Crippen LogP contribution in [0.25, 0.3) is 0 Å². The summed E-state index contributed by atoms with van der Waals surface area (Å²) < 4.78 is 7.75. The molecule has 1 aromatic carbocycles. The average molecular weight is 444 g/mol. The minimum atomic E-state index is -0.348. The van der Waals surface area contributed by atoms with Crippen LogP contribution >= 0.6 is 47.8 Å². The lowest BCUT2D eigenvalue weighted by molar-refractivity contribution is -0.144. The fourth-order valence-corrected chi connectivity index (χ4v) is 3.91. The van der Waals surface area contributed by atoms with Crippen molar-refractivity contribution in [1.29, 1.82) is 0 Å². The Bertz CT molecular complexity index is 414. The first-order valence-electron chi connectivity index (χ1n) is 5.57. The molecule has 1 atom stereocenters. The molecule has 18 heavy (non-hydrogen) atoms. The molecule has 0 aliphatic heterocycles. The summed E-state index contributed by atoms with van der Waals surface area (Å²) in [4.78, 5) is 11.7. The number of carbonyl (C=O) groups excluding carboxylic acids is 1. The van der Waals surface area contributed by atoms with Gasteiger partial charge in [0.2, 0.25) is 0 Å². The Morgan fingerprint density at radius 3 is 2.28 bits per heavy atom. The van der Waals surface area contributed by atoms with Gasteiger partial charge in [-0.15, -0.1) is 0 Å². The lowest BCUT2D eigenvalue weighted by Crippen LogP contribution is -2.31. The molecular formula is C12H14Br3NO2. The first-order chi connectivity index (χ1) is 8.49. The van der Waals surface area contributed by atoms with E-state index >= 15 is 0 Å². The van der Waals surface area contributed by atoms with Crippen LogP contribution in [0.5, 0.6) is 0 Å². The smallest absolute Gasteiger partial charge is 0.328 e. The molecule has 0 aromatic heterocycles. The molecule has 1 unspecified atom stereocenters. The van der Waals surface area contributed by atoms with Gasteiger partial charge in [0.15, 0.2) is 0 Å². The summed E-state index contributed by atoms with van der Waals surface area (Å²) in [6.07, 6.45) is 0.660. The first kappa shape index (κ1) is 16.0.